The quantitative estimate of drug-likeness (QED) is 0.669. The highest BCUT2D eigenvalue weighted by Gasteiger charge is 2.30. The van der Waals surface area contributed by atoms with Gasteiger partial charge in [0.1, 0.15) is 18.7 Å². The van der Waals surface area contributed by atoms with Gasteiger partial charge in [0.05, 0.1) is 12.5 Å². The third-order valence-corrected chi connectivity index (χ3v) is 5.03. The fourth-order valence-corrected chi connectivity index (χ4v) is 3.50. The third kappa shape index (κ3) is 3.32. The van der Waals surface area contributed by atoms with Gasteiger partial charge in [-0.2, -0.15) is 10.1 Å². The third-order valence-electron chi connectivity index (χ3n) is 4.17. The van der Waals surface area contributed by atoms with Crippen molar-refractivity contribution in [3.63, 3.8) is 0 Å². The van der Waals surface area contributed by atoms with Crippen molar-refractivity contribution in [2.75, 3.05) is 5.32 Å². The molecule has 132 valence electrons. The second-order valence-corrected chi connectivity index (χ2v) is 7.18. The molecule has 1 aliphatic heterocycles. The van der Waals surface area contributed by atoms with Gasteiger partial charge in [-0.1, -0.05) is 45.7 Å². The van der Waals surface area contributed by atoms with Crippen molar-refractivity contribution < 1.29 is 9.53 Å². The molecule has 6 nitrogen and oxygen atoms in total. The molecule has 1 aliphatic rings. The van der Waals surface area contributed by atoms with E-state index in [-0.39, 0.29) is 18.4 Å². The molecule has 26 heavy (non-hydrogen) atoms. The maximum Gasteiger partial charge on any atom is 0.229 e. The summed E-state index contributed by atoms with van der Waals surface area (Å²) >= 11 is 9.71. The summed E-state index contributed by atoms with van der Waals surface area (Å²) in [6.07, 6.45) is 1.69. The van der Waals surface area contributed by atoms with E-state index in [2.05, 4.69) is 31.3 Å². The SMILES string of the molecule is O=C1C[C@@H](c2cc(Br)ccc2OCc2ccccc2Cl)n2ncnc2N1. The van der Waals surface area contributed by atoms with E-state index in [0.29, 0.717) is 23.3 Å². The monoisotopic (exact) mass is 432 g/mol. The molecule has 1 amide bonds. The van der Waals surface area contributed by atoms with Gasteiger partial charge in [0.15, 0.2) is 0 Å². The summed E-state index contributed by atoms with van der Waals surface area (Å²) in [4.78, 5) is 16.2. The molecule has 0 saturated carbocycles. The Morgan fingerprint density at radius 1 is 1.31 bits per heavy atom. The number of fused-ring (bicyclic) bond motifs is 1. The van der Waals surface area contributed by atoms with E-state index in [1.165, 1.54) is 6.33 Å². The summed E-state index contributed by atoms with van der Waals surface area (Å²) in [5, 5.41) is 7.62. The number of rotatable bonds is 4. The number of benzene rings is 2. The second kappa shape index (κ2) is 7.09. The van der Waals surface area contributed by atoms with E-state index >= 15 is 0 Å². The number of hydrogen-bond acceptors (Lipinski definition) is 4. The lowest BCUT2D eigenvalue weighted by atomic mass is 10.0. The van der Waals surface area contributed by atoms with Crippen LogP contribution in [0.4, 0.5) is 5.95 Å². The zero-order chi connectivity index (χ0) is 18.1. The van der Waals surface area contributed by atoms with Crippen LogP contribution in [0.15, 0.2) is 53.3 Å². The molecule has 8 heteroatoms. The van der Waals surface area contributed by atoms with E-state index in [1.54, 1.807) is 4.68 Å². The van der Waals surface area contributed by atoms with Gasteiger partial charge < -0.3 is 4.74 Å². The van der Waals surface area contributed by atoms with E-state index in [9.17, 15) is 4.79 Å². The first kappa shape index (κ1) is 17.1. The molecule has 0 saturated heterocycles. The molecule has 1 atom stereocenters. The molecular formula is C18H14BrClN4O2. The minimum atomic E-state index is -0.292. The number of nitrogens with zero attached hydrogens (tertiary/aromatic N) is 3. The lowest BCUT2D eigenvalue weighted by molar-refractivity contribution is -0.117. The van der Waals surface area contributed by atoms with Gasteiger partial charge in [0.25, 0.3) is 0 Å². The first-order valence-corrected chi connectivity index (χ1v) is 9.14. The molecule has 0 fully saturated rings. The van der Waals surface area contributed by atoms with Crippen LogP contribution in [0.3, 0.4) is 0 Å². The number of hydrogen-bond donors (Lipinski definition) is 1. The molecule has 2 heterocycles. The zero-order valence-corrected chi connectivity index (χ0v) is 15.9. The van der Waals surface area contributed by atoms with Crippen LogP contribution in [-0.4, -0.2) is 20.7 Å². The molecule has 1 N–H and O–H groups in total. The highest BCUT2D eigenvalue weighted by atomic mass is 79.9. The van der Waals surface area contributed by atoms with Gasteiger partial charge in [0.2, 0.25) is 11.9 Å². The Balaban J connectivity index is 1.68. The standard InChI is InChI=1S/C18H14BrClN4O2/c19-12-5-6-16(26-9-11-3-1-2-4-14(11)20)13(7-12)15-8-17(25)23-18-21-10-22-24(15)18/h1-7,10,15H,8-9H2,(H,21,22,23,25)/t15-/m0/s1. The van der Waals surface area contributed by atoms with Crippen molar-refractivity contribution in [2.24, 2.45) is 0 Å². The van der Waals surface area contributed by atoms with Gasteiger partial charge >= 0.3 is 0 Å². The lowest BCUT2D eigenvalue weighted by Gasteiger charge is -2.25. The number of carbonyl (C=O) groups excluding carboxylic acids is 1. The number of aromatic nitrogens is 3. The first-order chi connectivity index (χ1) is 12.6. The van der Waals surface area contributed by atoms with Crippen molar-refractivity contribution in [3.8, 4) is 5.75 Å². The number of amides is 1. The fourth-order valence-electron chi connectivity index (χ4n) is 2.93. The predicted octanol–water partition coefficient (Wildman–Crippen LogP) is 4.20. The van der Waals surface area contributed by atoms with Crippen LogP contribution in [0, 0.1) is 0 Å². The summed E-state index contributed by atoms with van der Waals surface area (Å²) in [5.74, 6) is 1.00. The van der Waals surface area contributed by atoms with E-state index in [0.717, 1.165) is 15.6 Å². The molecule has 0 bridgehead atoms. The van der Waals surface area contributed by atoms with Crippen molar-refractivity contribution >= 4 is 39.4 Å². The molecule has 0 radical (unpaired) electrons. The zero-order valence-electron chi connectivity index (χ0n) is 13.5. The van der Waals surface area contributed by atoms with Crippen molar-refractivity contribution in [3.05, 3.63) is 69.4 Å². The van der Waals surface area contributed by atoms with E-state index in [4.69, 9.17) is 16.3 Å². The number of nitrogens with one attached hydrogen (secondary N) is 1. The Bertz CT molecular complexity index is 975. The smallest absolute Gasteiger partial charge is 0.229 e. The second-order valence-electron chi connectivity index (χ2n) is 5.86. The van der Waals surface area contributed by atoms with Crippen LogP contribution in [0.5, 0.6) is 5.75 Å². The first-order valence-electron chi connectivity index (χ1n) is 7.97. The van der Waals surface area contributed by atoms with Crippen LogP contribution < -0.4 is 10.1 Å². The van der Waals surface area contributed by atoms with Gasteiger partial charge in [-0.05, 0) is 24.3 Å². The Morgan fingerprint density at radius 3 is 3.00 bits per heavy atom. The van der Waals surface area contributed by atoms with Crippen LogP contribution in [-0.2, 0) is 11.4 Å². The molecule has 2 aromatic carbocycles. The number of carbonyl (C=O) groups is 1. The average molecular weight is 434 g/mol. The molecule has 0 aliphatic carbocycles. The average Bonchev–Trinajstić information content (AvgIpc) is 3.09. The molecule has 3 aromatic rings. The Morgan fingerprint density at radius 2 is 2.15 bits per heavy atom. The largest absolute Gasteiger partial charge is 0.488 e. The minimum absolute atomic E-state index is 0.104. The normalized spacial score (nSPS) is 16.1. The molecule has 0 spiro atoms. The van der Waals surface area contributed by atoms with Crippen LogP contribution >= 0.6 is 27.5 Å². The summed E-state index contributed by atoms with van der Waals surface area (Å²) in [5.41, 5.74) is 1.75. The maximum atomic E-state index is 12.1. The number of ether oxygens (including phenoxy) is 1. The fraction of sp³-hybridized carbons (Fsp3) is 0.167. The van der Waals surface area contributed by atoms with Crippen LogP contribution in [0.25, 0.3) is 0 Å². The number of anilines is 1. The van der Waals surface area contributed by atoms with Crippen LogP contribution in [0.1, 0.15) is 23.6 Å². The lowest BCUT2D eigenvalue weighted by Crippen LogP contribution is -2.29. The van der Waals surface area contributed by atoms with E-state index in [1.807, 2.05) is 42.5 Å². The molecular weight excluding hydrogens is 420 g/mol. The van der Waals surface area contributed by atoms with Gasteiger partial charge in [-0.3, -0.25) is 10.1 Å². The van der Waals surface area contributed by atoms with Gasteiger partial charge in [-0.15, -0.1) is 0 Å². The summed E-state index contributed by atoms with van der Waals surface area (Å²) in [7, 11) is 0. The Kier molecular flexibility index (Phi) is 4.65. The van der Waals surface area contributed by atoms with E-state index < -0.39 is 0 Å². The Labute approximate surface area is 163 Å². The molecule has 4 rings (SSSR count). The highest BCUT2D eigenvalue weighted by molar-refractivity contribution is 9.10. The molecule has 1 aromatic heterocycles. The topological polar surface area (TPSA) is 69.0 Å². The van der Waals surface area contributed by atoms with Gasteiger partial charge in [-0.25, -0.2) is 4.68 Å². The van der Waals surface area contributed by atoms with Gasteiger partial charge in [0, 0.05) is 20.6 Å². The minimum Gasteiger partial charge on any atom is -0.488 e. The Hall–Kier alpha value is -2.38. The van der Waals surface area contributed by atoms with Crippen LogP contribution in [0.2, 0.25) is 5.02 Å². The van der Waals surface area contributed by atoms with Crippen molar-refractivity contribution in [1.82, 2.24) is 14.8 Å². The highest BCUT2D eigenvalue weighted by Crippen LogP contribution is 2.36. The summed E-state index contributed by atoms with van der Waals surface area (Å²) < 4.78 is 8.63. The summed E-state index contributed by atoms with van der Waals surface area (Å²) in [6, 6.07) is 13.0. The van der Waals surface area contributed by atoms with Crippen molar-refractivity contribution in [2.45, 2.75) is 19.1 Å². The molecule has 0 unspecified atom stereocenters. The predicted molar refractivity (Wildman–Crippen MR) is 101 cm³/mol. The number of halogens is 2. The maximum absolute atomic E-state index is 12.1. The van der Waals surface area contributed by atoms with Crippen molar-refractivity contribution in [1.29, 1.82) is 0 Å². The summed E-state index contributed by atoms with van der Waals surface area (Å²) in [6.45, 7) is 0.331.